The number of nitrogens with one attached hydrogen (secondary N) is 1. The molecule has 0 radical (unpaired) electrons. The van der Waals surface area contributed by atoms with E-state index in [1.807, 2.05) is 19.9 Å². The molecule has 0 saturated heterocycles. The predicted molar refractivity (Wildman–Crippen MR) is 160 cm³/mol. The van der Waals surface area contributed by atoms with Gasteiger partial charge in [0.2, 0.25) is 11.8 Å². The van der Waals surface area contributed by atoms with E-state index < -0.39 is 28.5 Å². The van der Waals surface area contributed by atoms with E-state index in [1.165, 1.54) is 49.5 Å². The summed E-state index contributed by atoms with van der Waals surface area (Å²) >= 11 is 6.22. The standard InChI is InChI=1S/C30H36ClN3O6S/c1-6-21(2)32-30(36)22(3)33(19-23-9-7-12-27(17-23)40-5)29(35)20-34(25-11-8-10-24(31)18-25)41(37,38)28-15-13-26(39-4)14-16-28/h7-18,21-22H,6,19-20H2,1-5H3,(H,32,36)/t21-,22-/m1/s1. The molecule has 41 heavy (non-hydrogen) atoms. The minimum Gasteiger partial charge on any atom is -0.497 e. The Labute approximate surface area is 247 Å². The largest absolute Gasteiger partial charge is 0.497 e. The van der Waals surface area contributed by atoms with Crippen molar-refractivity contribution in [3.05, 3.63) is 83.4 Å². The lowest BCUT2D eigenvalue weighted by atomic mass is 10.1. The molecule has 3 aromatic carbocycles. The highest BCUT2D eigenvalue weighted by molar-refractivity contribution is 7.92. The van der Waals surface area contributed by atoms with Crippen LogP contribution in [0.5, 0.6) is 11.5 Å². The number of carbonyl (C=O) groups excluding carboxylic acids is 2. The molecule has 220 valence electrons. The second-order valence-corrected chi connectivity index (χ2v) is 11.8. The third-order valence-corrected chi connectivity index (χ3v) is 8.70. The molecule has 3 aromatic rings. The van der Waals surface area contributed by atoms with Gasteiger partial charge in [-0.1, -0.05) is 36.7 Å². The molecule has 0 bridgehead atoms. The van der Waals surface area contributed by atoms with Gasteiger partial charge < -0.3 is 19.7 Å². The summed E-state index contributed by atoms with van der Waals surface area (Å²) in [7, 11) is -1.20. The smallest absolute Gasteiger partial charge is 0.264 e. The highest BCUT2D eigenvalue weighted by atomic mass is 35.5. The Morgan fingerprint density at radius 1 is 0.927 bits per heavy atom. The van der Waals surface area contributed by atoms with Crippen LogP contribution < -0.4 is 19.1 Å². The van der Waals surface area contributed by atoms with Gasteiger partial charge in [-0.25, -0.2) is 8.42 Å². The number of carbonyl (C=O) groups is 2. The van der Waals surface area contributed by atoms with Gasteiger partial charge >= 0.3 is 0 Å². The van der Waals surface area contributed by atoms with Crippen LogP contribution in [0.15, 0.2) is 77.7 Å². The molecule has 0 fully saturated rings. The molecule has 0 spiro atoms. The number of methoxy groups -OCH3 is 2. The van der Waals surface area contributed by atoms with E-state index in [1.54, 1.807) is 43.3 Å². The molecule has 11 heteroatoms. The Balaban J connectivity index is 2.04. The maximum Gasteiger partial charge on any atom is 0.264 e. The highest BCUT2D eigenvalue weighted by Crippen LogP contribution is 2.28. The fraction of sp³-hybridized carbons (Fsp3) is 0.333. The molecule has 0 unspecified atom stereocenters. The van der Waals surface area contributed by atoms with E-state index in [2.05, 4.69) is 5.32 Å². The number of nitrogens with zero attached hydrogens (tertiary/aromatic N) is 2. The van der Waals surface area contributed by atoms with Crippen LogP contribution in [0.4, 0.5) is 5.69 Å². The maximum absolute atomic E-state index is 14.0. The number of anilines is 1. The van der Waals surface area contributed by atoms with Gasteiger partial charge in [0.25, 0.3) is 10.0 Å². The van der Waals surface area contributed by atoms with Gasteiger partial charge in [-0.3, -0.25) is 13.9 Å². The molecular formula is C30H36ClN3O6S. The summed E-state index contributed by atoms with van der Waals surface area (Å²) < 4.78 is 39.3. The molecule has 0 aliphatic carbocycles. The molecule has 0 saturated carbocycles. The number of sulfonamides is 1. The first-order chi connectivity index (χ1) is 19.5. The second kappa shape index (κ2) is 14.2. The van der Waals surface area contributed by atoms with Crippen molar-refractivity contribution in [1.29, 1.82) is 0 Å². The Morgan fingerprint density at radius 3 is 2.20 bits per heavy atom. The number of benzene rings is 3. The number of rotatable bonds is 13. The van der Waals surface area contributed by atoms with Gasteiger partial charge in [0, 0.05) is 17.6 Å². The van der Waals surface area contributed by atoms with E-state index in [0.29, 0.717) is 28.5 Å². The first kappa shape index (κ1) is 31.8. The summed E-state index contributed by atoms with van der Waals surface area (Å²) in [5, 5.41) is 3.22. The number of hydrogen-bond donors (Lipinski definition) is 1. The van der Waals surface area contributed by atoms with Crippen molar-refractivity contribution < 1.29 is 27.5 Å². The van der Waals surface area contributed by atoms with Gasteiger partial charge in [0.05, 0.1) is 24.8 Å². The van der Waals surface area contributed by atoms with Crippen LogP contribution >= 0.6 is 11.6 Å². The van der Waals surface area contributed by atoms with E-state index >= 15 is 0 Å². The summed E-state index contributed by atoms with van der Waals surface area (Å²) in [6, 6.07) is 18.3. The van der Waals surface area contributed by atoms with Crippen LogP contribution in [0.2, 0.25) is 5.02 Å². The zero-order valence-electron chi connectivity index (χ0n) is 23.8. The fourth-order valence-corrected chi connectivity index (χ4v) is 5.64. The highest BCUT2D eigenvalue weighted by Gasteiger charge is 2.33. The van der Waals surface area contributed by atoms with Gasteiger partial charge in [-0.2, -0.15) is 0 Å². The van der Waals surface area contributed by atoms with Crippen LogP contribution in [0, 0.1) is 0 Å². The predicted octanol–water partition coefficient (Wildman–Crippen LogP) is 4.88. The van der Waals surface area contributed by atoms with E-state index in [-0.39, 0.29) is 29.1 Å². The SMILES string of the molecule is CC[C@@H](C)NC(=O)[C@@H](C)N(Cc1cccc(OC)c1)C(=O)CN(c1cccc(Cl)c1)S(=O)(=O)c1ccc(OC)cc1. The van der Waals surface area contributed by atoms with Gasteiger partial charge in [-0.05, 0) is 80.4 Å². The second-order valence-electron chi connectivity index (χ2n) is 9.53. The third kappa shape index (κ3) is 8.14. The quantitative estimate of drug-likeness (QED) is 0.299. The number of ether oxygens (including phenoxy) is 2. The van der Waals surface area contributed by atoms with Gasteiger partial charge in [0.1, 0.15) is 24.1 Å². The van der Waals surface area contributed by atoms with Gasteiger partial charge in [0.15, 0.2) is 0 Å². The monoisotopic (exact) mass is 601 g/mol. The zero-order valence-corrected chi connectivity index (χ0v) is 25.4. The molecule has 0 heterocycles. The van der Waals surface area contributed by atoms with Crippen LogP contribution in [0.3, 0.4) is 0 Å². The van der Waals surface area contributed by atoms with Crippen LogP contribution in [-0.4, -0.2) is 58.0 Å². The Kier molecular flexibility index (Phi) is 11.0. The molecule has 0 aliphatic rings. The third-order valence-electron chi connectivity index (χ3n) is 6.68. The average Bonchev–Trinajstić information content (AvgIpc) is 2.98. The number of hydrogen-bond acceptors (Lipinski definition) is 6. The lowest BCUT2D eigenvalue weighted by Gasteiger charge is -2.32. The van der Waals surface area contributed by atoms with Crippen molar-refractivity contribution in [1.82, 2.24) is 10.2 Å². The van der Waals surface area contributed by atoms with Crippen molar-refractivity contribution >= 4 is 39.1 Å². The summed E-state index contributed by atoms with van der Waals surface area (Å²) in [6.45, 7) is 4.93. The lowest BCUT2D eigenvalue weighted by Crippen LogP contribution is -2.52. The van der Waals surface area contributed by atoms with Gasteiger partial charge in [-0.15, -0.1) is 0 Å². The maximum atomic E-state index is 14.0. The van der Waals surface area contributed by atoms with E-state index in [4.69, 9.17) is 21.1 Å². The minimum absolute atomic E-state index is 0.0343. The molecular weight excluding hydrogens is 566 g/mol. The molecule has 0 aromatic heterocycles. The molecule has 0 aliphatic heterocycles. The summed E-state index contributed by atoms with van der Waals surface area (Å²) in [5.41, 5.74) is 0.924. The Bertz CT molecular complexity index is 1450. The first-order valence-electron chi connectivity index (χ1n) is 13.1. The normalized spacial score (nSPS) is 12.6. The van der Waals surface area contributed by atoms with Crippen LogP contribution in [-0.2, 0) is 26.2 Å². The summed E-state index contributed by atoms with van der Waals surface area (Å²) in [5.74, 6) is 0.161. The molecule has 2 amide bonds. The van der Waals surface area contributed by atoms with Crippen molar-refractivity contribution in [2.24, 2.45) is 0 Å². The molecule has 1 N–H and O–H groups in total. The number of amides is 2. The first-order valence-corrected chi connectivity index (χ1v) is 15.0. The molecule has 3 rings (SSSR count). The van der Waals surface area contributed by atoms with E-state index in [0.717, 1.165) is 4.31 Å². The molecule has 2 atom stereocenters. The van der Waals surface area contributed by atoms with Crippen LogP contribution in [0.25, 0.3) is 0 Å². The Morgan fingerprint density at radius 2 is 1.59 bits per heavy atom. The molecule has 9 nitrogen and oxygen atoms in total. The van der Waals surface area contributed by atoms with Crippen molar-refractivity contribution in [2.45, 2.75) is 50.7 Å². The van der Waals surface area contributed by atoms with Crippen molar-refractivity contribution in [3.63, 3.8) is 0 Å². The average molecular weight is 602 g/mol. The van der Waals surface area contributed by atoms with Crippen molar-refractivity contribution in [3.8, 4) is 11.5 Å². The van der Waals surface area contributed by atoms with Crippen molar-refractivity contribution in [2.75, 3.05) is 25.1 Å². The van der Waals surface area contributed by atoms with Crippen LogP contribution in [0.1, 0.15) is 32.8 Å². The lowest BCUT2D eigenvalue weighted by molar-refractivity contribution is -0.139. The topological polar surface area (TPSA) is 105 Å². The minimum atomic E-state index is -4.23. The van der Waals surface area contributed by atoms with E-state index in [9.17, 15) is 18.0 Å². The Hall–Kier alpha value is -3.76. The number of halogens is 1. The fourth-order valence-electron chi connectivity index (χ4n) is 4.05. The zero-order chi connectivity index (χ0) is 30.2. The summed E-state index contributed by atoms with van der Waals surface area (Å²) in [6.07, 6.45) is 0.713. The summed E-state index contributed by atoms with van der Waals surface area (Å²) in [4.78, 5) is 28.5.